The molecule has 0 aliphatic carbocycles. The summed E-state index contributed by atoms with van der Waals surface area (Å²) < 4.78 is 12.9. The minimum atomic E-state index is -0.301. The average molecular weight is 254 g/mol. The summed E-state index contributed by atoms with van der Waals surface area (Å²) >= 11 is 1.86. The zero-order valence-corrected chi connectivity index (χ0v) is 11.4. The molecule has 0 amide bonds. The molecule has 0 aliphatic heterocycles. The van der Waals surface area contributed by atoms with Crippen molar-refractivity contribution in [2.45, 2.75) is 38.4 Å². The number of benzene rings is 1. The highest BCUT2D eigenvalue weighted by Gasteiger charge is 2.11. The van der Waals surface area contributed by atoms with E-state index in [1.165, 1.54) is 12.1 Å². The Morgan fingerprint density at radius 1 is 1.24 bits per heavy atom. The van der Waals surface area contributed by atoms with E-state index < -0.39 is 0 Å². The molecule has 0 atom stereocenters. The van der Waals surface area contributed by atoms with Crippen molar-refractivity contribution >= 4 is 17.5 Å². The molecule has 0 unspecified atom stereocenters. The van der Waals surface area contributed by atoms with E-state index in [4.69, 9.17) is 0 Å². The highest BCUT2D eigenvalue weighted by atomic mass is 32.2. The van der Waals surface area contributed by atoms with Gasteiger partial charge in [-0.05, 0) is 36.4 Å². The van der Waals surface area contributed by atoms with Gasteiger partial charge in [0.15, 0.2) is 5.78 Å². The Morgan fingerprint density at radius 3 is 2.35 bits per heavy atom. The molecule has 0 aromatic heterocycles. The van der Waals surface area contributed by atoms with E-state index in [1.54, 1.807) is 12.1 Å². The summed E-state index contributed by atoms with van der Waals surface area (Å²) in [7, 11) is 0. The first-order valence-corrected chi connectivity index (χ1v) is 6.80. The standard InChI is InChI=1S/C14H19FOS/c1-14(2,3)17-10-4-5-13(16)11-6-8-12(15)9-7-11/h6-9H,4-5,10H2,1-3H3. The summed E-state index contributed by atoms with van der Waals surface area (Å²) in [6.07, 6.45) is 1.41. The second kappa shape index (κ2) is 6.20. The minimum Gasteiger partial charge on any atom is -0.294 e. The first-order chi connectivity index (χ1) is 7.88. The SMILES string of the molecule is CC(C)(C)SCCCC(=O)c1ccc(F)cc1. The summed E-state index contributed by atoms with van der Waals surface area (Å²) in [5.41, 5.74) is 0.604. The van der Waals surface area contributed by atoms with Crippen LogP contribution in [0.3, 0.4) is 0 Å². The molecular formula is C14H19FOS. The van der Waals surface area contributed by atoms with Crippen LogP contribution in [0.4, 0.5) is 4.39 Å². The van der Waals surface area contributed by atoms with Crippen molar-refractivity contribution in [3.63, 3.8) is 0 Å². The van der Waals surface area contributed by atoms with E-state index >= 15 is 0 Å². The van der Waals surface area contributed by atoms with Crippen molar-refractivity contribution in [2.24, 2.45) is 0 Å². The zero-order chi connectivity index (χ0) is 12.9. The van der Waals surface area contributed by atoms with Gasteiger partial charge >= 0.3 is 0 Å². The van der Waals surface area contributed by atoms with Crippen LogP contribution in [-0.4, -0.2) is 16.3 Å². The topological polar surface area (TPSA) is 17.1 Å². The van der Waals surface area contributed by atoms with Gasteiger partial charge in [0, 0.05) is 16.7 Å². The van der Waals surface area contributed by atoms with Gasteiger partial charge in [0.1, 0.15) is 5.82 Å². The van der Waals surface area contributed by atoms with Gasteiger partial charge in [-0.2, -0.15) is 11.8 Å². The molecule has 0 saturated heterocycles. The normalized spacial score (nSPS) is 11.5. The van der Waals surface area contributed by atoms with Gasteiger partial charge in [-0.1, -0.05) is 20.8 Å². The largest absolute Gasteiger partial charge is 0.294 e. The Morgan fingerprint density at radius 2 is 1.82 bits per heavy atom. The molecule has 3 heteroatoms. The van der Waals surface area contributed by atoms with Gasteiger partial charge < -0.3 is 0 Å². The van der Waals surface area contributed by atoms with E-state index in [9.17, 15) is 9.18 Å². The molecular weight excluding hydrogens is 235 g/mol. The highest BCUT2D eigenvalue weighted by Crippen LogP contribution is 2.24. The van der Waals surface area contributed by atoms with Crippen LogP contribution in [0.5, 0.6) is 0 Å². The van der Waals surface area contributed by atoms with Crippen LogP contribution in [0.25, 0.3) is 0 Å². The van der Waals surface area contributed by atoms with Gasteiger partial charge in [-0.3, -0.25) is 4.79 Å². The molecule has 0 N–H and O–H groups in total. The third-order valence-electron chi connectivity index (χ3n) is 2.25. The number of carbonyl (C=O) groups is 1. The van der Waals surface area contributed by atoms with E-state index in [2.05, 4.69) is 20.8 Å². The third kappa shape index (κ3) is 5.87. The first-order valence-electron chi connectivity index (χ1n) is 5.81. The van der Waals surface area contributed by atoms with Gasteiger partial charge in [-0.15, -0.1) is 0 Å². The molecule has 0 fully saturated rings. The van der Waals surface area contributed by atoms with Gasteiger partial charge in [0.2, 0.25) is 0 Å². The zero-order valence-electron chi connectivity index (χ0n) is 10.6. The molecule has 1 rings (SSSR count). The molecule has 0 spiro atoms. The number of ketones is 1. The van der Waals surface area contributed by atoms with Crippen molar-refractivity contribution in [1.82, 2.24) is 0 Å². The van der Waals surface area contributed by atoms with Crippen LogP contribution < -0.4 is 0 Å². The molecule has 17 heavy (non-hydrogen) atoms. The van der Waals surface area contributed by atoms with Gasteiger partial charge in [0.25, 0.3) is 0 Å². The lowest BCUT2D eigenvalue weighted by Crippen LogP contribution is -2.09. The molecule has 0 bridgehead atoms. The lowest BCUT2D eigenvalue weighted by atomic mass is 10.1. The number of halogens is 1. The van der Waals surface area contributed by atoms with Crippen LogP contribution in [0.15, 0.2) is 24.3 Å². The van der Waals surface area contributed by atoms with E-state index in [1.807, 2.05) is 11.8 Å². The summed E-state index contributed by atoms with van der Waals surface area (Å²) in [5.74, 6) is 0.778. The van der Waals surface area contributed by atoms with Crippen LogP contribution in [0.2, 0.25) is 0 Å². The van der Waals surface area contributed by atoms with Crippen LogP contribution >= 0.6 is 11.8 Å². The molecule has 94 valence electrons. The second-order valence-corrected chi connectivity index (χ2v) is 6.92. The molecule has 0 saturated carbocycles. The van der Waals surface area contributed by atoms with E-state index in [0.717, 1.165) is 12.2 Å². The van der Waals surface area contributed by atoms with Gasteiger partial charge in [0.05, 0.1) is 0 Å². The summed E-state index contributed by atoms with van der Waals surface area (Å²) in [6.45, 7) is 6.50. The fourth-order valence-corrected chi connectivity index (χ4v) is 2.29. The maximum absolute atomic E-state index is 12.7. The minimum absolute atomic E-state index is 0.0968. The van der Waals surface area contributed by atoms with Crippen molar-refractivity contribution in [3.05, 3.63) is 35.6 Å². The fraction of sp³-hybridized carbons (Fsp3) is 0.500. The van der Waals surface area contributed by atoms with Crippen LogP contribution in [0, 0.1) is 5.82 Å². The van der Waals surface area contributed by atoms with E-state index in [-0.39, 0.29) is 16.3 Å². The quantitative estimate of drug-likeness (QED) is 0.575. The van der Waals surface area contributed by atoms with Crippen molar-refractivity contribution in [3.8, 4) is 0 Å². The fourth-order valence-electron chi connectivity index (χ4n) is 1.39. The van der Waals surface area contributed by atoms with Crippen molar-refractivity contribution in [1.29, 1.82) is 0 Å². The Balaban J connectivity index is 2.33. The third-order valence-corrected chi connectivity index (χ3v) is 3.61. The maximum Gasteiger partial charge on any atom is 0.162 e. The molecule has 0 heterocycles. The van der Waals surface area contributed by atoms with Crippen molar-refractivity contribution in [2.75, 3.05) is 5.75 Å². The number of carbonyl (C=O) groups excluding carboxylic acids is 1. The van der Waals surface area contributed by atoms with Crippen LogP contribution in [0.1, 0.15) is 44.0 Å². The predicted octanol–water partition coefficient (Wildman–Crippen LogP) is 4.32. The summed E-state index contributed by atoms with van der Waals surface area (Å²) in [4.78, 5) is 11.7. The molecule has 0 aliphatic rings. The average Bonchev–Trinajstić information content (AvgIpc) is 2.24. The maximum atomic E-state index is 12.7. The predicted molar refractivity (Wildman–Crippen MR) is 72.2 cm³/mol. The highest BCUT2D eigenvalue weighted by molar-refractivity contribution is 8.00. The number of Topliss-reactive ketones (excluding diaryl/α,β-unsaturated/α-hetero) is 1. The lowest BCUT2D eigenvalue weighted by Gasteiger charge is -2.16. The Kier molecular flexibility index (Phi) is 5.19. The number of hydrogen-bond donors (Lipinski definition) is 0. The van der Waals surface area contributed by atoms with Crippen molar-refractivity contribution < 1.29 is 9.18 Å². The first kappa shape index (κ1) is 14.2. The monoisotopic (exact) mass is 254 g/mol. The molecule has 1 nitrogen and oxygen atoms in total. The van der Waals surface area contributed by atoms with Gasteiger partial charge in [-0.25, -0.2) is 4.39 Å². The van der Waals surface area contributed by atoms with E-state index in [0.29, 0.717) is 12.0 Å². The summed E-state index contributed by atoms with van der Waals surface area (Å²) in [6, 6.07) is 5.76. The lowest BCUT2D eigenvalue weighted by molar-refractivity contribution is 0.0982. The second-order valence-electron chi connectivity index (χ2n) is 4.99. The number of thioether (sulfide) groups is 1. The summed E-state index contributed by atoms with van der Waals surface area (Å²) in [5, 5.41) is 0. The van der Waals surface area contributed by atoms with Crippen LogP contribution in [-0.2, 0) is 0 Å². The smallest absolute Gasteiger partial charge is 0.162 e. The molecule has 0 radical (unpaired) electrons. The molecule has 1 aromatic rings. The Labute approximate surface area is 107 Å². The number of rotatable bonds is 5. The Bertz CT molecular complexity index is 365. The number of hydrogen-bond acceptors (Lipinski definition) is 2. The Hall–Kier alpha value is -0.830. The molecule has 1 aromatic carbocycles.